The minimum Gasteiger partial charge on any atom is -0.325 e. The lowest BCUT2D eigenvalue weighted by Gasteiger charge is -2.12. The van der Waals surface area contributed by atoms with E-state index in [9.17, 15) is 13.2 Å². The number of alkyl halides is 3. The van der Waals surface area contributed by atoms with Crippen LogP contribution < -0.4 is 5.32 Å². The van der Waals surface area contributed by atoms with Crippen molar-refractivity contribution in [1.82, 2.24) is 15.0 Å². The maximum atomic E-state index is 13.0. The van der Waals surface area contributed by atoms with E-state index in [1.807, 2.05) is 19.2 Å². The number of anilines is 2. The Morgan fingerprint density at radius 1 is 0.938 bits per heavy atom. The Bertz CT molecular complexity index is 1040. The van der Waals surface area contributed by atoms with Gasteiger partial charge >= 0.3 is 6.18 Å². The molecule has 1 saturated carbocycles. The number of halogens is 3. The minimum absolute atomic E-state index is 0.111. The summed E-state index contributed by atoms with van der Waals surface area (Å²) >= 11 is 1.68. The van der Waals surface area contributed by atoms with Crippen LogP contribution in [-0.4, -0.2) is 15.0 Å². The molecule has 0 saturated heterocycles. The second-order valence-corrected chi connectivity index (χ2v) is 9.49. The molecule has 4 nitrogen and oxygen atoms in total. The molecule has 1 aliphatic rings. The Morgan fingerprint density at radius 3 is 2.38 bits per heavy atom. The molecule has 0 atom stereocenters. The van der Waals surface area contributed by atoms with E-state index in [2.05, 4.69) is 15.3 Å². The highest BCUT2D eigenvalue weighted by molar-refractivity contribution is 7.15. The fraction of sp³-hybridized carbons (Fsp3) is 0.458. The average Bonchev–Trinajstić information content (AvgIpc) is 3.27. The lowest BCUT2D eigenvalue weighted by atomic mass is 9.98. The number of thiazole rings is 1. The highest BCUT2D eigenvalue weighted by atomic mass is 32.1. The van der Waals surface area contributed by atoms with Crippen LogP contribution in [0.2, 0.25) is 0 Å². The predicted octanol–water partition coefficient (Wildman–Crippen LogP) is 7.89. The zero-order chi connectivity index (χ0) is 22.6. The maximum Gasteiger partial charge on any atom is 0.416 e. The van der Waals surface area contributed by atoms with Crippen LogP contribution in [0.25, 0.3) is 10.6 Å². The number of aryl methyl sites for hydroxylation is 1. The van der Waals surface area contributed by atoms with Crippen LogP contribution in [0.4, 0.5) is 24.8 Å². The molecular formula is C24H27F3N4S. The normalized spacial score (nSPS) is 16.2. The zero-order valence-electron chi connectivity index (χ0n) is 18.1. The second kappa shape index (κ2) is 9.98. The summed E-state index contributed by atoms with van der Waals surface area (Å²) in [5, 5.41) is 4.09. The molecule has 0 radical (unpaired) electrons. The van der Waals surface area contributed by atoms with Crippen molar-refractivity contribution < 1.29 is 13.2 Å². The highest BCUT2D eigenvalue weighted by Crippen LogP contribution is 2.36. The SMILES string of the molecule is Cc1cc(Nc2cc(C(F)(F)F)ccn2)nc(-c2cnc(C3CCCCCCCC3)s2)c1. The number of aromatic nitrogens is 3. The van der Waals surface area contributed by atoms with Crippen molar-refractivity contribution in [3.8, 4) is 10.6 Å². The Morgan fingerprint density at radius 2 is 1.66 bits per heavy atom. The number of hydrogen-bond acceptors (Lipinski definition) is 5. The van der Waals surface area contributed by atoms with E-state index in [0.717, 1.165) is 34.5 Å². The lowest BCUT2D eigenvalue weighted by Crippen LogP contribution is -2.06. The van der Waals surface area contributed by atoms with Crippen LogP contribution in [0, 0.1) is 6.92 Å². The van der Waals surface area contributed by atoms with E-state index < -0.39 is 11.7 Å². The number of pyridine rings is 2. The van der Waals surface area contributed by atoms with Crippen molar-refractivity contribution in [2.45, 2.75) is 70.4 Å². The summed E-state index contributed by atoms with van der Waals surface area (Å²) in [4.78, 5) is 14.3. The van der Waals surface area contributed by atoms with Crippen molar-refractivity contribution in [2.75, 3.05) is 5.32 Å². The first kappa shape index (κ1) is 22.7. The number of hydrogen-bond donors (Lipinski definition) is 1. The van der Waals surface area contributed by atoms with Crippen molar-refractivity contribution >= 4 is 23.0 Å². The Kier molecular flexibility index (Phi) is 7.08. The fourth-order valence-electron chi connectivity index (χ4n) is 4.14. The monoisotopic (exact) mass is 460 g/mol. The Balaban J connectivity index is 1.54. The maximum absolute atomic E-state index is 13.0. The molecule has 0 unspecified atom stereocenters. The van der Waals surface area contributed by atoms with E-state index in [-0.39, 0.29) is 5.82 Å². The van der Waals surface area contributed by atoms with E-state index in [1.165, 1.54) is 56.4 Å². The van der Waals surface area contributed by atoms with E-state index in [0.29, 0.717) is 11.7 Å². The first-order valence-corrected chi connectivity index (χ1v) is 12.0. The van der Waals surface area contributed by atoms with Gasteiger partial charge in [-0.3, -0.25) is 0 Å². The van der Waals surface area contributed by atoms with Gasteiger partial charge in [0.05, 0.1) is 21.1 Å². The van der Waals surface area contributed by atoms with Crippen LogP contribution in [0.5, 0.6) is 0 Å². The number of rotatable bonds is 4. The molecule has 3 aromatic rings. The summed E-state index contributed by atoms with van der Waals surface area (Å²) in [7, 11) is 0. The van der Waals surface area contributed by atoms with Crippen molar-refractivity contribution in [3.05, 3.63) is 52.8 Å². The Labute approximate surface area is 190 Å². The fourth-order valence-corrected chi connectivity index (χ4v) is 5.19. The molecule has 4 rings (SSSR count). The molecule has 3 heterocycles. The third-order valence-electron chi connectivity index (χ3n) is 5.79. The van der Waals surface area contributed by atoms with Crippen molar-refractivity contribution in [1.29, 1.82) is 0 Å². The van der Waals surface area contributed by atoms with Crippen LogP contribution in [-0.2, 0) is 6.18 Å². The van der Waals surface area contributed by atoms with Gasteiger partial charge in [-0.05, 0) is 49.6 Å². The molecule has 0 aliphatic heterocycles. The summed E-state index contributed by atoms with van der Waals surface area (Å²) in [6.07, 6.45) is 8.73. The smallest absolute Gasteiger partial charge is 0.325 e. The van der Waals surface area contributed by atoms with Crippen LogP contribution in [0.15, 0.2) is 36.7 Å². The van der Waals surface area contributed by atoms with Gasteiger partial charge in [0.15, 0.2) is 0 Å². The first-order chi connectivity index (χ1) is 15.4. The van der Waals surface area contributed by atoms with Gasteiger partial charge in [0.25, 0.3) is 0 Å². The first-order valence-electron chi connectivity index (χ1n) is 11.1. The molecule has 3 aromatic heterocycles. The molecule has 0 spiro atoms. The van der Waals surface area contributed by atoms with Crippen LogP contribution >= 0.6 is 11.3 Å². The van der Waals surface area contributed by atoms with E-state index in [4.69, 9.17) is 4.98 Å². The summed E-state index contributed by atoms with van der Waals surface area (Å²) < 4.78 is 39.0. The molecular weight excluding hydrogens is 433 g/mol. The summed E-state index contributed by atoms with van der Waals surface area (Å²) in [6, 6.07) is 5.72. The third kappa shape index (κ3) is 5.85. The van der Waals surface area contributed by atoms with E-state index in [1.54, 1.807) is 17.4 Å². The standard InChI is InChI=1S/C24H27F3N4S/c1-16-12-19(20-15-29-23(32-20)17-8-6-4-2-3-5-7-9-17)30-22(13-16)31-21-14-18(10-11-28-21)24(25,26)27/h10-15,17H,2-9H2,1H3,(H,28,30,31). The molecule has 0 bridgehead atoms. The zero-order valence-corrected chi connectivity index (χ0v) is 18.9. The third-order valence-corrected chi connectivity index (χ3v) is 6.98. The van der Waals surface area contributed by atoms with Gasteiger partial charge in [0, 0.05) is 18.3 Å². The quantitative estimate of drug-likeness (QED) is 0.430. The second-order valence-electron chi connectivity index (χ2n) is 8.43. The van der Waals surface area contributed by atoms with Crippen LogP contribution in [0.1, 0.15) is 73.4 Å². The minimum atomic E-state index is -4.42. The van der Waals surface area contributed by atoms with Gasteiger partial charge < -0.3 is 5.32 Å². The van der Waals surface area contributed by atoms with Gasteiger partial charge in [-0.2, -0.15) is 13.2 Å². The summed E-state index contributed by atoms with van der Waals surface area (Å²) in [5.74, 6) is 1.08. The predicted molar refractivity (Wildman–Crippen MR) is 122 cm³/mol. The van der Waals surface area contributed by atoms with Crippen molar-refractivity contribution in [2.24, 2.45) is 0 Å². The summed E-state index contributed by atoms with van der Waals surface area (Å²) in [6.45, 7) is 1.94. The number of nitrogens with zero attached hydrogens (tertiary/aromatic N) is 3. The van der Waals surface area contributed by atoms with Crippen LogP contribution in [0.3, 0.4) is 0 Å². The molecule has 170 valence electrons. The molecule has 0 aromatic carbocycles. The molecule has 1 N–H and O–H groups in total. The van der Waals surface area contributed by atoms with Gasteiger partial charge in [-0.25, -0.2) is 15.0 Å². The molecule has 1 fully saturated rings. The largest absolute Gasteiger partial charge is 0.416 e. The molecule has 1 aliphatic carbocycles. The van der Waals surface area contributed by atoms with Gasteiger partial charge in [0.1, 0.15) is 11.6 Å². The van der Waals surface area contributed by atoms with Gasteiger partial charge in [-0.15, -0.1) is 11.3 Å². The Hall–Kier alpha value is -2.48. The highest BCUT2D eigenvalue weighted by Gasteiger charge is 2.30. The molecule has 0 amide bonds. The molecule has 32 heavy (non-hydrogen) atoms. The topological polar surface area (TPSA) is 50.7 Å². The van der Waals surface area contributed by atoms with Gasteiger partial charge in [-0.1, -0.05) is 38.5 Å². The van der Waals surface area contributed by atoms with Crippen molar-refractivity contribution in [3.63, 3.8) is 0 Å². The lowest BCUT2D eigenvalue weighted by molar-refractivity contribution is -0.137. The number of nitrogens with one attached hydrogen (secondary N) is 1. The average molecular weight is 461 g/mol. The summed E-state index contributed by atoms with van der Waals surface area (Å²) in [5.41, 5.74) is 0.984. The van der Waals surface area contributed by atoms with Gasteiger partial charge in [0.2, 0.25) is 0 Å². The van der Waals surface area contributed by atoms with E-state index >= 15 is 0 Å². The molecule has 8 heteroatoms.